The number of carbonyl (C=O) groups is 2. The van der Waals surface area contributed by atoms with E-state index in [9.17, 15) is 9.59 Å². The van der Waals surface area contributed by atoms with Gasteiger partial charge in [-0.05, 0) is 61.3 Å². The van der Waals surface area contributed by atoms with Gasteiger partial charge in [-0.25, -0.2) is 14.2 Å². The summed E-state index contributed by atoms with van der Waals surface area (Å²) in [7, 11) is 1.34. The molecule has 0 bridgehead atoms. The van der Waals surface area contributed by atoms with Crippen molar-refractivity contribution < 1.29 is 18.7 Å². The van der Waals surface area contributed by atoms with Crippen molar-refractivity contribution in [2.75, 3.05) is 19.0 Å². The number of amides is 1. The Bertz CT molecular complexity index is 1760. The van der Waals surface area contributed by atoms with Crippen molar-refractivity contribution >= 4 is 51.8 Å². The summed E-state index contributed by atoms with van der Waals surface area (Å²) in [6, 6.07) is 15.6. The molecular weight excluding hydrogens is 566 g/mol. The molecule has 1 fully saturated rings. The zero-order valence-corrected chi connectivity index (χ0v) is 24.0. The number of carbonyl (C=O) groups excluding carboxylic acids is 2. The first kappa shape index (κ1) is 26.4. The summed E-state index contributed by atoms with van der Waals surface area (Å²) in [6.45, 7) is 3.38. The van der Waals surface area contributed by atoms with Crippen molar-refractivity contribution in [3.05, 3.63) is 93.0 Å². The first-order chi connectivity index (χ1) is 19.8. The van der Waals surface area contributed by atoms with E-state index in [4.69, 9.17) is 32.9 Å². The molecule has 3 aromatic carbocycles. The number of halogens is 3. The molecule has 1 spiro atoms. The van der Waals surface area contributed by atoms with E-state index < -0.39 is 23.2 Å². The summed E-state index contributed by atoms with van der Waals surface area (Å²) in [6.07, 6.45) is 1.53. The Morgan fingerprint density at radius 3 is 2.80 bits per heavy atom. The van der Waals surface area contributed by atoms with Crippen LogP contribution in [0.5, 0.6) is 0 Å². The van der Waals surface area contributed by atoms with Crippen molar-refractivity contribution in [2.45, 2.75) is 49.7 Å². The minimum atomic E-state index is -1.21. The number of anilines is 1. The average molecular weight is 593 g/mol. The Balaban J connectivity index is 1.53. The molecule has 1 aromatic heterocycles. The van der Waals surface area contributed by atoms with E-state index in [1.54, 1.807) is 36.4 Å². The number of imidazole rings is 1. The third kappa shape index (κ3) is 3.57. The van der Waals surface area contributed by atoms with Gasteiger partial charge < -0.3 is 14.6 Å². The zero-order chi connectivity index (χ0) is 28.6. The molecular formula is C31H27Cl2FN4O3. The van der Waals surface area contributed by atoms with E-state index in [1.165, 1.54) is 13.2 Å². The van der Waals surface area contributed by atoms with Crippen LogP contribution in [0.4, 0.5) is 10.1 Å². The van der Waals surface area contributed by atoms with Gasteiger partial charge in [0.05, 0.1) is 28.7 Å². The lowest BCUT2D eigenvalue weighted by Gasteiger charge is -2.39. The molecule has 1 amide bonds. The quantitative estimate of drug-likeness (QED) is 0.274. The van der Waals surface area contributed by atoms with E-state index in [0.717, 1.165) is 29.7 Å². The first-order valence-electron chi connectivity index (χ1n) is 13.7. The number of hydrogen-bond donors (Lipinski definition) is 1. The van der Waals surface area contributed by atoms with Crippen LogP contribution in [0.3, 0.4) is 0 Å². The minimum Gasteiger partial charge on any atom is -0.465 e. The van der Waals surface area contributed by atoms with Crippen molar-refractivity contribution in [1.82, 2.24) is 14.5 Å². The van der Waals surface area contributed by atoms with E-state index in [-0.39, 0.29) is 22.9 Å². The molecule has 3 aliphatic rings. The molecule has 0 unspecified atom stereocenters. The van der Waals surface area contributed by atoms with Crippen LogP contribution in [-0.2, 0) is 21.6 Å². The maximum absolute atomic E-state index is 16.1. The smallest absolute Gasteiger partial charge is 0.337 e. The fourth-order valence-electron chi connectivity index (χ4n) is 7.57. The number of aryl methyl sites for hydroxylation is 1. The van der Waals surface area contributed by atoms with Gasteiger partial charge in [-0.15, -0.1) is 0 Å². The Hall–Kier alpha value is -3.46. The highest BCUT2D eigenvalue weighted by molar-refractivity contribution is 6.31. The third-order valence-electron chi connectivity index (χ3n) is 8.99. The number of aromatic nitrogens is 2. The SMILES string of the molecule is CCCN1[C@H]2CCn3c(nc4cc(C(=O)OC)ccc43)[C@H]2[C@H](c2cccc(Cl)c2F)[C@]12C(=O)Nc1cc(Cl)ccc12. The molecule has 41 heavy (non-hydrogen) atoms. The molecule has 7 nitrogen and oxygen atoms in total. The van der Waals surface area contributed by atoms with Crippen LogP contribution in [-0.4, -0.2) is 46.0 Å². The molecule has 1 saturated heterocycles. The predicted molar refractivity (Wildman–Crippen MR) is 155 cm³/mol. The van der Waals surface area contributed by atoms with Gasteiger partial charge in [-0.2, -0.15) is 0 Å². The van der Waals surface area contributed by atoms with Gasteiger partial charge in [0.25, 0.3) is 0 Å². The molecule has 3 aliphatic heterocycles. The molecule has 1 N–H and O–H groups in total. The van der Waals surface area contributed by atoms with Crippen LogP contribution in [0.1, 0.15) is 58.9 Å². The average Bonchev–Trinajstić information content (AvgIpc) is 3.57. The lowest BCUT2D eigenvalue weighted by molar-refractivity contribution is -0.127. The number of fused-ring (bicyclic) bond motifs is 7. The maximum Gasteiger partial charge on any atom is 0.337 e. The van der Waals surface area contributed by atoms with Gasteiger partial charge in [0, 0.05) is 40.7 Å². The number of nitrogens with zero attached hydrogens (tertiary/aromatic N) is 3. The van der Waals surface area contributed by atoms with E-state index in [2.05, 4.69) is 21.7 Å². The van der Waals surface area contributed by atoms with Gasteiger partial charge >= 0.3 is 5.97 Å². The van der Waals surface area contributed by atoms with Crippen molar-refractivity contribution in [2.24, 2.45) is 0 Å². The fourth-order valence-corrected chi connectivity index (χ4v) is 7.92. The second-order valence-electron chi connectivity index (χ2n) is 10.9. The van der Waals surface area contributed by atoms with E-state index in [1.807, 2.05) is 12.1 Å². The van der Waals surface area contributed by atoms with Gasteiger partial charge in [0.15, 0.2) is 0 Å². The molecule has 4 heterocycles. The highest BCUT2D eigenvalue weighted by Crippen LogP contribution is 2.64. The summed E-state index contributed by atoms with van der Waals surface area (Å²) in [5.41, 5.74) is 2.50. The number of ether oxygens (including phenoxy) is 1. The van der Waals surface area contributed by atoms with Crippen LogP contribution in [0.2, 0.25) is 10.0 Å². The van der Waals surface area contributed by atoms with Crippen LogP contribution in [0.15, 0.2) is 54.6 Å². The summed E-state index contributed by atoms with van der Waals surface area (Å²) in [4.78, 5) is 34.0. The van der Waals surface area contributed by atoms with E-state index >= 15 is 4.39 Å². The first-order valence-corrected chi connectivity index (χ1v) is 14.5. The monoisotopic (exact) mass is 592 g/mol. The highest BCUT2D eigenvalue weighted by atomic mass is 35.5. The molecule has 210 valence electrons. The Kier molecular flexibility index (Phi) is 6.15. The Morgan fingerprint density at radius 2 is 2.02 bits per heavy atom. The van der Waals surface area contributed by atoms with Crippen LogP contribution in [0.25, 0.3) is 11.0 Å². The van der Waals surface area contributed by atoms with Crippen LogP contribution >= 0.6 is 23.2 Å². The molecule has 4 aromatic rings. The summed E-state index contributed by atoms with van der Waals surface area (Å²) >= 11 is 12.7. The van der Waals surface area contributed by atoms with Crippen molar-refractivity contribution in [3.8, 4) is 0 Å². The lowest BCUT2D eigenvalue weighted by atomic mass is 9.70. The molecule has 4 atom stereocenters. The number of likely N-dealkylation sites (tertiary alicyclic amines) is 1. The Labute approximate surface area is 246 Å². The maximum atomic E-state index is 16.1. The summed E-state index contributed by atoms with van der Waals surface area (Å²) < 4.78 is 23.2. The van der Waals surface area contributed by atoms with E-state index in [0.29, 0.717) is 40.4 Å². The molecule has 0 saturated carbocycles. The van der Waals surface area contributed by atoms with Crippen LogP contribution < -0.4 is 5.32 Å². The van der Waals surface area contributed by atoms with Gasteiger partial charge in [-0.1, -0.05) is 48.3 Å². The van der Waals surface area contributed by atoms with Crippen molar-refractivity contribution in [1.29, 1.82) is 0 Å². The fraction of sp³-hybridized carbons (Fsp3) is 0.323. The normalized spacial score (nSPS) is 24.8. The van der Waals surface area contributed by atoms with Gasteiger partial charge in [0.1, 0.15) is 17.2 Å². The molecule has 0 aliphatic carbocycles. The molecule has 7 rings (SSSR count). The third-order valence-corrected chi connectivity index (χ3v) is 9.52. The summed E-state index contributed by atoms with van der Waals surface area (Å²) in [5.74, 6) is -1.41. The highest BCUT2D eigenvalue weighted by Gasteiger charge is 2.68. The molecule has 10 heteroatoms. The standard InChI is InChI=1S/C31H27Cl2FN4O3/c1-3-12-38-24-11-13-37-23-10-7-16(29(39)41-2)14-22(23)35-28(37)25(24)26(18-5-4-6-20(33)27(18)34)31(38)19-9-8-17(32)15-21(19)36-30(31)40/h4-10,14-15,24-26H,3,11-13H2,1-2H3,(H,36,40)/t24-,25+,26-,31+/m0/s1. The number of rotatable bonds is 4. The number of esters is 1. The second kappa shape index (κ2) is 9.54. The minimum absolute atomic E-state index is 0.00454. The number of benzene rings is 3. The number of methoxy groups -OCH3 is 1. The topological polar surface area (TPSA) is 76.5 Å². The number of nitrogens with one attached hydrogen (secondary N) is 1. The van der Waals surface area contributed by atoms with Gasteiger partial charge in [-0.3, -0.25) is 9.69 Å². The van der Waals surface area contributed by atoms with Gasteiger partial charge in [0.2, 0.25) is 5.91 Å². The zero-order valence-electron chi connectivity index (χ0n) is 22.5. The predicted octanol–water partition coefficient (Wildman–Crippen LogP) is 6.48. The van der Waals surface area contributed by atoms with Crippen molar-refractivity contribution in [3.63, 3.8) is 0 Å². The second-order valence-corrected chi connectivity index (χ2v) is 11.8. The lowest BCUT2D eigenvalue weighted by Crippen LogP contribution is -2.52. The largest absolute Gasteiger partial charge is 0.465 e. The summed E-state index contributed by atoms with van der Waals surface area (Å²) in [5, 5.41) is 3.59. The molecule has 0 radical (unpaired) electrons. The Morgan fingerprint density at radius 1 is 1.20 bits per heavy atom. The number of hydrogen-bond acceptors (Lipinski definition) is 5. The van der Waals surface area contributed by atoms with Crippen LogP contribution in [0, 0.1) is 5.82 Å².